The molecule has 0 saturated heterocycles. The number of benzene rings is 2. The van der Waals surface area contributed by atoms with Crippen LogP contribution in [0.4, 0.5) is 17.6 Å². The second kappa shape index (κ2) is 13.4. The van der Waals surface area contributed by atoms with Crippen molar-refractivity contribution in [2.45, 2.75) is 58.2 Å². The van der Waals surface area contributed by atoms with Gasteiger partial charge >= 0.3 is 6.18 Å². The van der Waals surface area contributed by atoms with Crippen LogP contribution in [0.25, 0.3) is 22.0 Å². The SMILES string of the molecule is CCOc1cc(C(=O)N(C)Cc2cnc(C(O)C(F)(F)F)c3cnn(COCC[Si](C)(C)C)c23)ccc1-c1cccc(F)c1. The van der Waals surface area contributed by atoms with Gasteiger partial charge in [-0.25, -0.2) is 9.07 Å². The summed E-state index contributed by atoms with van der Waals surface area (Å²) in [5.41, 5.74) is 1.63. The molecule has 2 aromatic heterocycles. The van der Waals surface area contributed by atoms with E-state index in [-0.39, 0.29) is 30.1 Å². The minimum absolute atomic E-state index is 0.0139. The number of fused-ring (bicyclic) bond motifs is 1. The molecule has 0 saturated carbocycles. The van der Waals surface area contributed by atoms with Crippen molar-refractivity contribution in [1.29, 1.82) is 0 Å². The zero-order valence-electron chi connectivity index (χ0n) is 25.3. The highest BCUT2D eigenvalue weighted by molar-refractivity contribution is 6.76. The Morgan fingerprint density at radius 2 is 1.89 bits per heavy atom. The van der Waals surface area contributed by atoms with Crippen LogP contribution in [0.5, 0.6) is 5.75 Å². The molecule has 0 bridgehead atoms. The molecule has 0 radical (unpaired) electrons. The van der Waals surface area contributed by atoms with Crippen LogP contribution in [0, 0.1) is 5.82 Å². The zero-order chi connectivity index (χ0) is 32.2. The van der Waals surface area contributed by atoms with Gasteiger partial charge in [0.2, 0.25) is 0 Å². The lowest BCUT2D eigenvalue weighted by molar-refractivity contribution is -0.207. The first kappa shape index (κ1) is 33.1. The second-order valence-corrected chi connectivity index (χ2v) is 17.3. The molecule has 44 heavy (non-hydrogen) atoms. The van der Waals surface area contributed by atoms with Crippen LogP contribution >= 0.6 is 0 Å². The number of aliphatic hydroxyl groups is 1. The number of amides is 1. The first-order valence-corrected chi connectivity index (χ1v) is 17.8. The number of halogens is 4. The fourth-order valence-electron chi connectivity index (χ4n) is 4.68. The maximum Gasteiger partial charge on any atom is 0.420 e. The topological polar surface area (TPSA) is 89.7 Å². The van der Waals surface area contributed by atoms with Crippen LogP contribution in [-0.4, -0.2) is 65.2 Å². The third kappa shape index (κ3) is 7.82. The predicted octanol–water partition coefficient (Wildman–Crippen LogP) is 6.82. The maximum absolute atomic E-state index is 13.9. The molecule has 0 fully saturated rings. The monoisotopic (exact) mass is 632 g/mol. The third-order valence-electron chi connectivity index (χ3n) is 6.98. The lowest BCUT2D eigenvalue weighted by atomic mass is 10.0. The van der Waals surface area contributed by atoms with Gasteiger partial charge in [-0.15, -0.1) is 0 Å². The van der Waals surface area contributed by atoms with E-state index in [9.17, 15) is 27.5 Å². The number of ether oxygens (including phenoxy) is 2. The van der Waals surface area contributed by atoms with Gasteiger partial charge in [0, 0.05) is 56.5 Å². The van der Waals surface area contributed by atoms with E-state index in [4.69, 9.17) is 9.47 Å². The maximum atomic E-state index is 13.9. The zero-order valence-corrected chi connectivity index (χ0v) is 26.3. The number of hydrogen-bond acceptors (Lipinski definition) is 6. The van der Waals surface area contributed by atoms with Gasteiger partial charge in [0.25, 0.3) is 5.91 Å². The molecule has 2 heterocycles. The van der Waals surface area contributed by atoms with E-state index < -0.39 is 31.9 Å². The van der Waals surface area contributed by atoms with Gasteiger partial charge in [-0.1, -0.05) is 31.8 Å². The minimum Gasteiger partial charge on any atom is -0.493 e. The summed E-state index contributed by atoms with van der Waals surface area (Å²) >= 11 is 0. The number of alkyl halides is 3. The molecule has 8 nitrogen and oxygen atoms in total. The fourth-order valence-corrected chi connectivity index (χ4v) is 5.43. The van der Waals surface area contributed by atoms with Crippen LogP contribution in [0.15, 0.2) is 54.9 Å². The van der Waals surface area contributed by atoms with E-state index in [1.165, 1.54) is 34.1 Å². The Morgan fingerprint density at radius 3 is 2.55 bits per heavy atom. The highest BCUT2D eigenvalue weighted by atomic mass is 28.3. The lowest BCUT2D eigenvalue weighted by Gasteiger charge is -2.21. The van der Waals surface area contributed by atoms with Crippen LogP contribution in [-0.2, 0) is 18.0 Å². The van der Waals surface area contributed by atoms with Gasteiger partial charge in [-0.2, -0.15) is 18.3 Å². The summed E-state index contributed by atoms with van der Waals surface area (Å²) in [6.45, 7) is 9.13. The van der Waals surface area contributed by atoms with Crippen molar-refractivity contribution >= 4 is 24.9 Å². The molecule has 236 valence electrons. The average molecular weight is 633 g/mol. The van der Waals surface area contributed by atoms with Crippen LogP contribution in [0.1, 0.15) is 34.6 Å². The largest absolute Gasteiger partial charge is 0.493 e. The van der Waals surface area contributed by atoms with E-state index in [1.54, 1.807) is 44.3 Å². The number of hydrogen-bond donors (Lipinski definition) is 1. The van der Waals surface area contributed by atoms with Gasteiger partial charge < -0.3 is 19.5 Å². The Bertz CT molecular complexity index is 1620. The highest BCUT2D eigenvalue weighted by Gasteiger charge is 2.42. The Labute approximate surface area is 254 Å². The van der Waals surface area contributed by atoms with Crippen molar-refractivity contribution in [2.75, 3.05) is 20.3 Å². The van der Waals surface area contributed by atoms with E-state index in [0.29, 0.717) is 41.2 Å². The van der Waals surface area contributed by atoms with Crippen molar-refractivity contribution in [3.05, 3.63) is 77.5 Å². The first-order chi connectivity index (χ1) is 20.7. The van der Waals surface area contributed by atoms with Gasteiger partial charge in [0.1, 0.15) is 18.3 Å². The van der Waals surface area contributed by atoms with E-state index >= 15 is 0 Å². The van der Waals surface area contributed by atoms with Gasteiger partial charge in [-0.3, -0.25) is 9.78 Å². The molecule has 0 aliphatic rings. The summed E-state index contributed by atoms with van der Waals surface area (Å²) in [5.74, 6) is -0.388. The minimum atomic E-state index is -4.93. The van der Waals surface area contributed by atoms with Gasteiger partial charge in [0.05, 0.1) is 24.0 Å². The molecule has 1 N–H and O–H groups in total. The van der Waals surface area contributed by atoms with Crippen LogP contribution in [0.2, 0.25) is 25.7 Å². The summed E-state index contributed by atoms with van der Waals surface area (Å²) in [4.78, 5) is 18.9. The molecule has 13 heteroatoms. The molecular formula is C31H36F4N4O4Si. The summed E-state index contributed by atoms with van der Waals surface area (Å²) < 4.78 is 67.3. The number of rotatable bonds is 12. The molecular weight excluding hydrogens is 596 g/mol. The molecule has 4 aromatic rings. The second-order valence-electron chi connectivity index (χ2n) is 11.7. The summed E-state index contributed by atoms with van der Waals surface area (Å²) in [7, 11) is 0.171. The molecule has 0 aliphatic heterocycles. The molecule has 0 aliphatic carbocycles. The number of aliphatic hydroxyl groups excluding tert-OH is 1. The Hall–Kier alpha value is -3.81. The molecule has 1 unspecified atom stereocenters. The fraction of sp³-hybridized carbons (Fsp3) is 0.387. The lowest BCUT2D eigenvalue weighted by Crippen LogP contribution is -2.27. The quantitative estimate of drug-likeness (QED) is 0.105. The molecule has 0 spiro atoms. The summed E-state index contributed by atoms with van der Waals surface area (Å²) in [6.07, 6.45) is -5.30. The molecule has 1 atom stereocenters. The van der Waals surface area contributed by atoms with E-state index in [2.05, 4.69) is 29.7 Å². The van der Waals surface area contributed by atoms with Crippen molar-refractivity contribution in [1.82, 2.24) is 19.7 Å². The van der Waals surface area contributed by atoms with E-state index in [1.807, 2.05) is 0 Å². The molecule has 1 amide bonds. The Kier molecular flexibility index (Phi) is 10.1. The number of aromatic nitrogens is 3. The molecule has 4 rings (SSSR count). The summed E-state index contributed by atoms with van der Waals surface area (Å²) in [6, 6.07) is 11.8. The third-order valence-corrected chi connectivity index (χ3v) is 8.68. The van der Waals surface area contributed by atoms with Crippen molar-refractivity contribution < 1.29 is 36.9 Å². The predicted molar refractivity (Wildman–Crippen MR) is 161 cm³/mol. The normalized spacial score (nSPS) is 12.9. The standard InChI is InChI=1S/C31H36F4N4O4Si/c1-6-43-26-15-21(10-11-24(26)20-8-7-9-23(32)14-20)30(41)38(2)18-22-16-36-27(29(40)31(33,34)35)25-17-37-39(28(22)25)19-42-12-13-44(3,4)5/h7-11,14-17,29,40H,6,12-13,18-19H2,1-5H3. The van der Waals surface area contributed by atoms with Crippen molar-refractivity contribution in [2.24, 2.45) is 0 Å². The number of nitrogens with zero attached hydrogens (tertiary/aromatic N) is 4. The first-order valence-electron chi connectivity index (χ1n) is 14.1. The number of carbonyl (C=O) groups is 1. The Morgan fingerprint density at radius 1 is 1.14 bits per heavy atom. The van der Waals surface area contributed by atoms with E-state index in [0.717, 1.165) is 6.04 Å². The van der Waals surface area contributed by atoms with Gasteiger partial charge in [-0.05, 0) is 48.9 Å². The van der Waals surface area contributed by atoms with Crippen LogP contribution in [0.3, 0.4) is 0 Å². The number of carbonyl (C=O) groups excluding carboxylic acids is 1. The van der Waals surface area contributed by atoms with Gasteiger partial charge in [0.15, 0.2) is 6.10 Å². The van der Waals surface area contributed by atoms with Crippen molar-refractivity contribution in [3.8, 4) is 16.9 Å². The summed E-state index contributed by atoms with van der Waals surface area (Å²) in [5, 5.41) is 14.3. The average Bonchev–Trinajstić information content (AvgIpc) is 3.38. The van der Waals surface area contributed by atoms with Crippen molar-refractivity contribution in [3.63, 3.8) is 0 Å². The van der Waals surface area contributed by atoms with Crippen LogP contribution < -0.4 is 4.74 Å². The number of pyridine rings is 1. The molecule has 2 aromatic carbocycles. The Balaban J connectivity index is 1.65. The smallest absolute Gasteiger partial charge is 0.420 e. The highest BCUT2D eigenvalue weighted by Crippen LogP contribution is 2.36.